The highest BCUT2D eigenvalue weighted by Gasteiger charge is 2.17. The predicted molar refractivity (Wildman–Crippen MR) is 99.6 cm³/mol. The van der Waals surface area contributed by atoms with Crippen molar-refractivity contribution in [1.82, 2.24) is 10.2 Å². The second-order valence-electron chi connectivity index (χ2n) is 4.89. The minimum absolute atomic E-state index is 0.0919. The maximum Gasteiger partial charge on any atom is 0.237 e. The van der Waals surface area contributed by atoms with Gasteiger partial charge in [0.15, 0.2) is 8.68 Å². The number of nitrogens with one attached hydrogen (secondary N) is 1. The molecule has 0 bridgehead atoms. The van der Waals surface area contributed by atoms with Gasteiger partial charge in [-0.1, -0.05) is 53.9 Å². The molecule has 0 aliphatic carbocycles. The number of nitrogens with two attached hydrogens (primary N) is 1. The van der Waals surface area contributed by atoms with Gasteiger partial charge in [0.1, 0.15) is 0 Å². The second kappa shape index (κ2) is 9.05. The number of carbonyl (C=O) groups is 2. The normalized spacial score (nSPS) is 11.9. The zero-order valence-corrected chi connectivity index (χ0v) is 15.8. The number of hydrogen-bond acceptors (Lipinski definition) is 7. The molecule has 2 amide bonds. The lowest BCUT2D eigenvalue weighted by molar-refractivity contribution is -0.116. The Balaban J connectivity index is 1.87. The lowest BCUT2D eigenvalue weighted by atomic mass is 10.1. The maximum absolute atomic E-state index is 12.3. The van der Waals surface area contributed by atoms with Gasteiger partial charge in [-0.05, 0) is 31.0 Å². The van der Waals surface area contributed by atoms with Crippen molar-refractivity contribution in [3.63, 3.8) is 0 Å². The Bertz CT molecular complexity index is 703. The molecule has 1 aromatic heterocycles. The average molecular weight is 383 g/mol. The summed E-state index contributed by atoms with van der Waals surface area (Å²) in [5.74, 6) is -0.319. The van der Waals surface area contributed by atoms with E-state index in [4.69, 9.17) is 5.73 Å². The Labute approximate surface area is 153 Å². The van der Waals surface area contributed by atoms with E-state index >= 15 is 0 Å². The zero-order valence-electron chi connectivity index (χ0n) is 13.3. The molecular weight excluding hydrogens is 364 g/mol. The summed E-state index contributed by atoms with van der Waals surface area (Å²) < 4.78 is 1.35. The maximum atomic E-state index is 12.3. The third-order valence-corrected chi connectivity index (χ3v) is 6.27. The number of aromatic nitrogens is 2. The molecule has 6 nitrogen and oxygen atoms in total. The van der Waals surface area contributed by atoms with E-state index in [1.54, 1.807) is 0 Å². The summed E-state index contributed by atoms with van der Waals surface area (Å²) in [6, 6.07) is 7.80. The van der Waals surface area contributed by atoms with Crippen LogP contribution in [0.25, 0.3) is 0 Å². The van der Waals surface area contributed by atoms with Crippen molar-refractivity contribution < 1.29 is 9.59 Å². The van der Waals surface area contributed by atoms with Crippen LogP contribution in [0.4, 0.5) is 5.69 Å². The number of primary amides is 1. The Morgan fingerprint density at radius 1 is 1.25 bits per heavy atom. The average Bonchev–Trinajstić information content (AvgIpc) is 3.01. The monoisotopic (exact) mass is 382 g/mol. The first kappa shape index (κ1) is 18.8. The van der Waals surface area contributed by atoms with Crippen molar-refractivity contribution in [3.8, 4) is 0 Å². The van der Waals surface area contributed by atoms with Crippen molar-refractivity contribution in [3.05, 3.63) is 29.8 Å². The fourth-order valence-electron chi connectivity index (χ4n) is 1.71. The minimum atomic E-state index is -0.397. The Morgan fingerprint density at radius 2 is 1.92 bits per heavy atom. The predicted octanol–water partition coefficient (Wildman–Crippen LogP) is 2.80. The molecule has 0 aliphatic rings. The largest absolute Gasteiger partial charge is 0.369 e. The molecule has 3 N–H and O–H groups in total. The number of hydrogen-bond donors (Lipinski definition) is 2. The molecule has 0 unspecified atom stereocenters. The van der Waals surface area contributed by atoms with E-state index in [0.717, 1.165) is 12.1 Å². The van der Waals surface area contributed by atoms with Gasteiger partial charge in [-0.3, -0.25) is 9.59 Å². The van der Waals surface area contributed by atoms with Crippen LogP contribution in [0.5, 0.6) is 0 Å². The molecule has 0 aliphatic heterocycles. The van der Waals surface area contributed by atoms with E-state index in [9.17, 15) is 9.59 Å². The third kappa shape index (κ3) is 5.81. The molecule has 0 radical (unpaired) electrons. The van der Waals surface area contributed by atoms with Gasteiger partial charge in [0.2, 0.25) is 11.8 Å². The van der Waals surface area contributed by atoms with Crippen molar-refractivity contribution >= 4 is 52.4 Å². The summed E-state index contributed by atoms with van der Waals surface area (Å²) in [5.41, 5.74) is 7.10. The van der Waals surface area contributed by atoms with Crippen LogP contribution in [0.3, 0.4) is 0 Å². The number of amides is 2. The topological polar surface area (TPSA) is 98.0 Å². The Hall–Kier alpha value is -1.58. The van der Waals surface area contributed by atoms with Gasteiger partial charge in [0.05, 0.1) is 11.0 Å². The van der Waals surface area contributed by atoms with Crippen LogP contribution in [0, 0.1) is 0 Å². The smallest absolute Gasteiger partial charge is 0.237 e. The number of carbonyl (C=O) groups excluding carboxylic acids is 2. The molecular formula is C15H18N4O2S3. The fourth-order valence-corrected chi connectivity index (χ4v) is 4.61. The van der Waals surface area contributed by atoms with Crippen LogP contribution in [0.15, 0.2) is 32.9 Å². The number of thioether (sulfide) groups is 2. The molecule has 1 aromatic carbocycles. The van der Waals surface area contributed by atoms with E-state index in [2.05, 4.69) is 22.4 Å². The van der Waals surface area contributed by atoms with Gasteiger partial charge in [0.25, 0.3) is 0 Å². The first-order chi connectivity index (χ1) is 11.5. The summed E-state index contributed by atoms with van der Waals surface area (Å²) in [4.78, 5) is 23.0. The zero-order chi connectivity index (χ0) is 17.5. The van der Waals surface area contributed by atoms with Crippen molar-refractivity contribution in [1.29, 1.82) is 0 Å². The van der Waals surface area contributed by atoms with E-state index in [-0.39, 0.29) is 16.9 Å². The molecule has 24 heavy (non-hydrogen) atoms. The van der Waals surface area contributed by atoms with Crippen LogP contribution >= 0.6 is 34.9 Å². The molecule has 0 spiro atoms. The van der Waals surface area contributed by atoms with E-state index in [0.29, 0.717) is 8.68 Å². The first-order valence-corrected chi connectivity index (χ1v) is 9.97. The Kier molecular flexibility index (Phi) is 7.07. The van der Waals surface area contributed by atoms with Gasteiger partial charge in [0, 0.05) is 5.69 Å². The third-order valence-electron chi connectivity index (χ3n) is 3.00. The van der Waals surface area contributed by atoms with E-state index < -0.39 is 5.91 Å². The van der Waals surface area contributed by atoms with Crippen LogP contribution < -0.4 is 11.1 Å². The summed E-state index contributed by atoms with van der Waals surface area (Å²) in [6.45, 7) is 3.91. The molecule has 2 aromatic rings. The summed E-state index contributed by atoms with van der Waals surface area (Å²) in [5, 5.41) is 10.6. The van der Waals surface area contributed by atoms with Gasteiger partial charge >= 0.3 is 0 Å². The van der Waals surface area contributed by atoms with Crippen LogP contribution in [0.1, 0.15) is 19.4 Å². The first-order valence-electron chi connectivity index (χ1n) is 7.29. The molecule has 9 heteroatoms. The lowest BCUT2D eigenvalue weighted by Crippen LogP contribution is -2.22. The highest BCUT2D eigenvalue weighted by molar-refractivity contribution is 8.04. The summed E-state index contributed by atoms with van der Waals surface area (Å²) in [6.07, 6.45) is 0.966. The van der Waals surface area contributed by atoms with Crippen LogP contribution in [0.2, 0.25) is 0 Å². The van der Waals surface area contributed by atoms with Crippen molar-refractivity contribution in [2.24, 2.45) is 5.73 Å². The van der Waals surface area contributed by atoms with Crippen molar-refractivity contribution in [2.75, 3.05) is 11.1 Å². The summed E-state index contributed by atoms with van der Waals surface area (Å²) >= 11 is 3.93. The molecule has 2 rings (SSSR count). The van der Waals surface area contributed by atoms with Crippen LogP contribution in [-0.2, 0) is 16.0 Å². The number of benzene rings is 1. The standard InChI is InChI=1S/C15H18N4O2S3/c1-3-10-4-6-11(7-5-10)17-13(21)9(2)23-15-19-18-14(24-15)22-8-12(16)20/h4-7,9H,3,8H2,1-2H3,(H2,16,20)(H,17,21)/t9-/m0/s1. The number of anilines is 1. The van der Waals surface area contributed by atoms with Gasteiger partial charge < -0.3 is 11.1 Å². The quantitative estimate of drug-likeness (QED) is 0.681. The molecule has 1 atom stereocenters. The lowest BCUT2D eigenvalue weighted by Gasteiger charge is -2.10. The summed E-state index contributed by atoms with van der Waals surface area (Å²) in [7, 11) is 0. The highest BCUT2D eigenvalue weighted by Crippen LogP contribution is 2.31. The second-order valence-corrected chi connectivity index (χ2v) is 8.68. The molecule has 0 saturated heterocycles. The molecule has 1 heterocycles. The molecule has 0 fully saturated rings. The SMILES string of the molecule is CCc1ccc(NC(=O)[C@H](C)Sc2nnc(SCC(N)=O)s2)cc1. The minimum Gasteiger partial charge on any atom is -0.369 e. The fraction of sp³-hybridized carbons (Fsp3) is 0.333. The van der Waals surface area contributed by atoms with Gasteiger partial charge in [-0.2, -0.15) is 0 Å². The number of rotatable bonds is 8. The number of nitrogens with zero attached hydrogens (tertiary/aromatic N) is 2. The van der Waals surface area contributed by atoms with Gasteiger partial charge in [-0.15, -0.1) is 10.2 Å². The number of aryl methyl sites for hydroxylation is 1. The van der Waals surface area contributed by atoms with Gasteiger partial charge in [-0.25, -0.2) is 0 Å². The van der Waals surface area contributed by atoms with Crippen molar-refractivity contribution in [2.45, 2.75) is 34.2 Å². The molecule has 128 valence electrons. The van der Waals surface area contributed by atoms with E-state index in [1.807, 2.05) is 31.2 Å². The highest BCUT2D eigenvalue weighted by atomic mass is 32.2. The molecule has 0 saturated carbocycles. The van der Waals surface area contributed by atoms with E-state index in [1.165, 1.54) is 40.4 Å². The Morgan fingerprint density at radius 3 is 2.54 bits per heavy atom. The van der Waals surface area contributed by atoms with Crippen LogP contribution in [-0.4, -0.2) is 33.0 Å².